The van der Waals surface area contributed by atoms with Gasteiger partial charge in [0, 0.05) is 44.6 Å². The normalized spacial score (nSPS) is 18.0. The van der Waals surface area contributed by atoms with Gasteiger partial charge in [-0.2, -0.15) is 0 Å². The van der Waals surface area contributed by atoms with E-state index in [0.29, 0.717) is 12.5 Å². The predicted molar refractivity (Wildman–Crippen MR) is 101 cm³/mol. The molecule has 2 aromatic rings. The molecule has 4 rings (SSSR count). The molecule has 0 bridgehead atoms. The highest BCUT2D eigenvalue weighted by Crippen LogP contribution is 2.28. The van der Waals surface area contributed by atoms with Crippen LogP contribution in [0.4, 0.5) is 0 Å². The number of imidazole rings is 1. The van der Waals surface area contributed by atoms with E-state index < -0.39 is 0 Å². The van der Waals surface area contributed by atoms with E-state index in [0.717, 1.165) is 61.5 Å². The summed E-state index contributed by atoms with van der Waals surface area (Å²) in [5, 5.41) is 0. The number of carbonyl (C=O) groups is 1. The number of hydrogen-bond donors (Lipinski definition) is 0. The third-order valence-corrected chi connectivity index (χ3v) is 5.69. The first-order valence-electron chi connectivity index (χ1n) is 9.67. The first kappa shape index (κ1) is 17.3. The van der Waals surface area contributed by atoms with Crippen molar-refractivity contribution < 1.29 is 9.53 Å². The highest BCUT2D eigenvalue weighted by molar-refractivity contribution is 5.79. The summed E-state index contributed by atoms with van der Waals surface area (Å²) in [6.45, 7) is 3.00. The van der Waals surface area contributed by atoms with Gasteiger partial charge in [0.2, 0.25) is 5.91 Å². The van der Waals surface area contributed by atoms with Crippen LogP contribution in [0.3, 0.4) is 0 Å². The monoisotopic (exact) mass is 353 g/mol. The van der Waals surface area contributed by atoms with Crippen LogP contribution in [0.2, 0.25) is 0 Å². The lowest BCUT2D eigenvalue weighted by atomic mass is 10.1. The number of hydrogen-bond acceptors (Lipinski definition) is 3. The first-order valence-corrected chi connectivity index (χ1v) is 9.67. The molecule has 138 valence electrons. The maximum atomic E-state index is 12.8. The molecular weight excluding hydrogens is 326 g/mol. The van der Waals surface area contributed by atoms with E-state index >= 15 is 0 Å². The Hall–Kier alpha value is -2.14. The highest BCUT2D eigenvalue weighted by Gasteiger charge is 2.29. The standard InChI is InChI=1S/C21H27N3O2/c1-26-15-16-5-4-8-18(13-16)19-14-22-20-9-10-23(11-12-24(19)20)21(25)17-6-2-3-7-17/h4-5,8,13-14,17H,2-3,6-7,9-12,15H2,1H3. The van der Waals surface area contributed by atoms with Gasteiger partial charge in [-0.05, 0) is 24.5 Å². The molecule has 1 fully saturated rings. The Labute approximate surface area is 155 Å². The largest absolute Gasteiger partial charge is 0.380 e. The van der Waals surface area contributed by atoms with Gasteiger partial charge in [-0.25, -0.2) is 4.98 Å². The number of nitrogens with zero attached hydrogens (tertiary/aromatic N) is 3. The van der Waals surface area contributed by atoms with Gasteiger partial charge in [0.15, 0.2) is 0 Å². The van der Waals surface area contributed by atoms with Gasteiger partial charge in [-0.1, -0.05) is 31.0 Å². The van der Waals surface area contributed by atoms with Crippen LogP contribution in [-0.2, 0) is 29.1 Å². The smallest absolute Gasteiger partial charge is 0.225 e. The average molecular weight is 353 g/mol. The molecule has 2 aliphatic rings. The molecule has 1 aliphatic carbocycles. The number of aromatic nitrogens is 2. The van der Waals surface area contributed by atoms with Crippen LogP contribution in [0.15, 0.2) is 30.5 Å². The summed E-state index contributed by atoms with van der Waals surface area (Å²) < 4.78 is 7.54. The van der Waals surface area contributed by atoms with E-state index in [1.54, 1.807) is 7.11 Å². The van der Waals surface area contributed by atoms with Crippen LogP contribution >= 0.6 is 0 Å². The summed E-state index contributed by atoms with van der Waals surface area (Å²) >= 11 is 0. The molecule has 0 N–H and O–H groups in total. The first-order chi connectivity index (χ1) is 12.8. The van der Waals surface area contributed by atoms with Gasteiger partial charge in [-0.3, -0.25) is 4.79 Å². The number of fused-ring (bicyclic) bond motifs is 1. The molecule has 2 heterocycles. The third kappa shape index (κ3) is 3.40. The van der Waals surface area contributed by atoms with Gasteiger partial charge < -0.3 is 14.2 Å². The Morgan fingerprint density at radius 3 is 2.88 bits per heavy atom. The summed E-state index contributed by atoms with van der Waals surface area (Å²) in [5.41, 5.74) is 3.45. The summed E-state index contributed by atoms with van der Waals surface area (Å²) in [6.07, 6.45) is 7.34. The fourth-order valence-corrected chi connectivity index (χ4v) is 4.30. The Kier molecular flexibility index (Phi) is 5.07. The second-order valence-electron chi connectivity index (χ2n) is 7.40. The van der Waals surface area contributed by atoms with Crippen LogP contribution in [0, 0.1) is 5.92 Å². The van der Waals surface area contributed by atoms with Crippen molar-refractivity contribution in [2.24, 2.45) is 5.92 Å². The van der Waals surface area contributed by atoms with E-state index in [1.807, 2.05) is 6.20 Å². The van der Waals surface area contributed by atoms with E-state index in [4.69, 9.17) is 4.74 Å². The lowest BCUT2D eigenvalue weighted by Crippen LogP contribution is -2.37. The van der Waals surface area contributed by atoms with Gasteiger partial charge in [0.1, 0.15) is 5.82 Å². The lowest BCUT2D eigenvalue weighted by Gasteiger charge is -2.23. The van der Waals surface area contributed by atoms with E-state index in [9.17, 15) is 4.79 Å². The van der Waals surface area contributed by atoms with Crippen LogP contribution in [0.5, 0.6) is 0 Å². The molecule has 0 spiro atoms. The third-order valence-electron chi connectivity index (χ3n) is 5.69. The zero-order valence-electron chi connectivity index (χ0n) is 15.5. The summed E-state index contributed by atoms with van der Waals surface area (Å²) in [7, 11) is 1.72. The van der Waals surface area contributed by atoms with Crippen molar-refractivity contribution in [1.29, 1.82) is 0 Å². The zero-order chi connectivity index (χ0) is 17.9. The second-order valence-corrected chi connectivity index (χ2v) is 7.40. The van der Waals surface area contributed by atoms with Gasteiger partial charge in [-0.15, -0.1) is 0 Å². The number of benzene rings is 1. The average Bonchev–Trinajstić information content (AvgIpc) is 3.28. The predicted octanol–water partition coefficient (Wildman–Crippen LogP) is 3.27. The van der Waals surface area contributed by atoms with Crippen molar-refractivity contribution >= 4 is 5.91 Å². The summed E-state index contributed by atoms with van der Waals surface area (Å²) in [5.74, 6) is 1.70. The van der Waals surface area contributed by atoms with Crippen LogP contribution in [0.25, 0.3) is 11.3 Å². The number of methoxy groups -OCH3 is 1. The molecular formula is C21H27N3O2. The van der Waals surface area contributed by atoms with E-state index in [1.165, 1.54) is 12.8 Å². The SMILES string of the molecule is COCc1cccc(-c2cnc3n2CCN(C(=O)C2CCCC2)CC3)c1. The second kappa shape index (κ2) is 7.62. The Morgan fingerprint density at radius 2 is 2.08 bits per heavy atom. The maximum Gasteiger partial charge on any atom is 0.225 e. The minimum atomic E-state index is 0.255. The number of ether oxygens (including phenoxy) is 1. The molecule has 0 unspecified atom stereocenters. The molecule has 1 saturated carbocycles. The Bertz CT molecular complexity index is 777. The van der Waals surface area contributed by atoms with Crippen LogP contribution < -0.4 is 0 Å². The number of rotatable bonds is 4. The summed E-state index contributed by atoms with van der Waals surface area (Å²) in [6, 6.07) is 8.43. The fourth-order valence-electron chi connectivity index (χ4n) is 4.30. The van der Waals surface area contributed by atoms with Crippen molar-refractivity contribution in [2.75, 3.05) is 20.2 Å². The zero-order valence-corrected chi connectivity index (χ0v) is 15.5. The molecule has 26 heavy (non-hydrogen) atoms. The molecule has 1 aliphatic heterocycles. The van der Waals surface area contributed by atoms with Crippen molar-refractivity contribution in [3.63, 3.8) is 0 Å². The number of amides is 1. The van der Waals surface area contributed by atoms with Gasteiger partial charge in [0.25, 0.3) is 0 Å². The fraction of sp³-hybridized carbons (Fsp3) is 0.524. The molecule has 1 aromatic heterocycles. The van der Waals surface area contributed by atoms with Crippen LogP contribution in [0.1, 0.15) is 37.1 Å². The van der Waals surface area contributed by atoms with Crippen LogP contribution in [-0.4, -0.2) is 40.6 Å². The van der Waals surface area contributed by atoms with Crippen molar-refractivity contribution in [2.45, 2.75) is 45.3 Å². The minimum absolute atomic E-state index is 0.255. The molecule has 0 radical (unpaired) electrons. The van der Waals surface area contributed by atoms with E-state index in [2.05, 4.69) is 38.7 Å². The quantitative estimate of drug-likeness (QED) is 0.847. The van der Waals surface area contributed by atoms with E-state index in [-0.39, 0.29) is 5.92 Å². The topological polar surface area (TPSA) is 47.4 Å². The Balaban J connectivity index is 1.53. The molecule has 5 heteroatoms. The number of carbonyl (C=O) groups excluding carboxylic acids is 1. The van der Waals surface area contributed by atoms with Gasteiger partial charge in [0.05, 0.1) is 18.5 Å². The summed E-state index contributed by atoms with van der Waals surface area (Å²) in [4.78, 5) is 19.5. The molecule has 0 atom stereocenters. The Morgan fingerprint density at radius 1 is 1.23 bits per heavy atom. The maximum absolute atomic E-state index is 12.8. The van der Waals surface area contributed by atoms with Crippen molar-refractivity contribution in [3.8, 4) is 11.3 Å². The van der Waals surface area contributed by atoms with Crippen molar-refractivity contribution in [1.82, 2.24) is 14.5 Å². The minimum Gasteiger partial charge on any atom is -0.380 e. The molecule has 5 nitrogen and oxygen atoms in total. The molecule has 1 aromatic carbocycles. The molecule has 1 amide bonds. The van der Waals surface area contributed by atoms with Gasteiger partial charge >= 0.3 is 0 Å². The lowest BCUT2D eigenvalue weighted by molar-refractivity contribution is -0.135. The van der Waals surface area contributed by atoms with Crippen molar-refractivity contribution in [3.05, 3.63) is 41.9 Å². The molecule has 0 saturated heterocycles. The highest BCUT2D eigenvalue weighted by atomic mass is 16.5.